The summed E-state index contributed by atoms with van der Waals surface area (Å²) in [4.78, 5) is 17.0. The van der Waals surface area contributed by atoms with Crippen molar-refractivity contribution in [3.63, 3.8) is 0 Å². The van der Waals surface area contributed by atoms with E-state index in [1.54, 1.807) is 5.38 Å². The fourth-order valence-corrected chi connectivity index (χ4v) is 2.78. The molecule has 0 saturated carbocycles. The van der Waals surface area contributed by atoms with Crippen LogP contribution in [0.5, 0.6) is 0 Å². The summed E-state index contributed by atoms with van der Waals surface area (Å²) in [5, 5.41) is 11.2. The largest absolute Gasteiger partial charge is 0.476 e. The number of benzene rings is 1. The highest BCUT2D eigenvalue weighted by atomic mass is 32.1. The molecule has 0 unspecified atom stereocenters. The number of carbonyl (C=O) groups is 1. The maximum Gasteiger partial charge on any atom is 0.355 e. The van der Waals surface area contributed by atoms with E-state index < -0.39 is 5.97 Å². The molecule has 5 heteroatoms. The zero-order chi connectivity index (χ0) is 11.8. The molecule has 1 aliphatic rings. The Morgan fingerprint density at radius 2 is 1.94 bits per heavy atom. The molecule has 0 spiro atoms. The van der Waals surface area contributed by atoms with Gasteiger partial charge >= 0.3 is 5.97 Å². The maximum absolute atomic E-state index is 10.8. The van der Waals surface area contributed by atoms with Crippen molar-refractivity contribution in [1.82, 2.24) is 4.98 Å². The topological polar surface area (TPSA) is 53.4 Å². The molecule has 1 aromatic heterocycles. The van der Waals surface area contributed by atoms with Crippen molar-refractivity contribution in [2.75, 3.05) is 4.90 Å². The standard InChI is InChI=1S/C12H10N2O2S/c15-11(16)10-7-17-12(13-10)14-5-8-3-1-2-4-9(8)6-14/h1-4,7H,5-6H2,(H,15,16). The highest BCUT2D eigenvalue weighted by molar-refractivity contribution is 7.13. The summed E-state index contributed by atoms with van der Waals surface area (Å²) in [6.45, 7) is 1.62. The van der Waals surface area contributed by atoms with Crippen molar-refractivity contribution in [1.29, 1.82) is 0 Å². The first-order valence-corrected chi connectivity index (χ1v) is 6.12. The summed E-state index contributed by atoms with van der Waals surface area (Å²) in [5.41, 5.74) is 2.71. The van der Waals surface area contributed by atoms with Crippen LogP contribution in [-0.4, -0.2) is 16.1 Å². The molecule has 2 heterocycles. The molecule has 0 amide bonds. The minimum absolute atomic E-state index is 0.126. The van der Waals surface area contributed by atoms with Crippen molar-refractivity contribution < 1.29 is 9.90 Å². The van der Waals surface area contributed by atoms with Crippen LogP contribution in [0.1, 0.15) is 21.6 Å². The monoisotopic (exact) mass is 246 g/mol. The van der Waals surface area contributed by atoms with Gasteiger partial charge in [0.1, 0.15) is 0 Å². The third-order valence-corrected chi connectivity index (χ3v) is 3.72. The van der Waals surface area contributed by atoms with Crippen LogP contribution < -0.4 is 4.90 Å². The van der Waals surface area contributed by atoms with Gasteiger partial charge in [0, 0.05) is 18.5 Å². The van der Waals surface area contributed by atoms with E-state index in [1.807, 2.05) is 12.1 Å². The highest BCUT2D eigenvalue weighted by Crippen LogP contribution is 2.30. The molecule has 1 aliphatic heterocycles. The van der Waals surface area contributed by atoms with Crippen LogP contribution in [0.3, 0.4) is 0 Å². The van der Waals surface area contributed by atoms with Gasteiger partial charge in [0.15, 0.2) is 10.8 Å². The molecule has 1 aromatic carbocycles. The lowest BCUT2D eigenvalue weighted by atomic mass is 10.1. The number of hydrogen-bond acceptors (Lipinski definition) is 4. The Morgan fingerprint density at radius 3 is 2.47 bits per heavy atom. The third kappa shape index (κ3) is 1.78. The second-order valence-corrected chi connectivity index (χ2v) is 4.78. The lowest BCUT2D eigenvalue weighted by Gasteiger charge is -2.12. The summed E-state index contributed by atoms with van der Waals surface area (Å²) in [5.74, 6) is -0.968. The molecule has 86 valence electrons. The molecular formula is C12H10N2O2S. The van der Waals surface area contributed by atoms with Gasteiger partial charge in [-0.05, 0) is 11.1 Å². The number of carboxylic acids is 1. The predicted octanol–water partition coefficient (Wildman–Crippen LogP) is 2.36. The number of thiazole rings is 1. The smallest absolute Gasteiger partial charge is 0.355 e. The molecule has 0 bridgehead atoms. The summed E-state index contributed by atoms with van der Waals surface area (Å²) >= 11 is 1.38. The maximum atomic E-state index is 10.8. The number of anilines is 1. The average molecular weight is 246 g/mol. The van der Waals surface area contributed by atoms with Gasteiger partial charge in [-0.2, -0.15) is 0 Å². The Labute approximate surface area is 102 Å². The minimum Gasteiger partial charge on any atom is -0.476 e. The van der Waals surface area contributed by atoms with E-state index in [2.05, 4.69) is 22.0 Å². The molecule has 0 atom stereocenters. The quantitative estimate of drug-likeness (QED) is 0.883. The van der Waals surface area contributed by atoms with Crippen molar-refractivity contribution >= 4 is 22.4 Å². The van der Waals surface area contributed by atoms with Gasteiger partial charge in [0.05, 0.1) is 0 Å². The molecule has 1 N–H and O–H groups in total. The van der Waals surface area contributed by atoms with E-state index in [9.17, 15) is 4.79 Å². The van der Waals surface area contributed by atoms with Gasteiger partial charge in [-0.15, -0.1) is 11.3 Å². The van der Waals surface area contributed by atoms with Crippen LogP contribution in [0.2, 0.25) is 0 Å². The fourth-order valence-electron chi connectivity index (χ4n) is 1.98. The normalized spacial score (nSPS) is 13.8. The van der Waals surface area contributed by atoms with E-state index in [0.29, 0.717) is 0 Å². The number of aromatic carboxylic acids is 1. The third-order valence-electron chi connectivity index (χ3n) is 2.82. The highest BCUT2D eigenvalue weighted by Gasteiger charge is 2.21. The van der Waals surface area contributed by atoms with Gasteiger partial charge < -0.3 is 10.0 Å². The summed E-state index contributed by atoms with van der Waals surface area (Å²) in [6, 6.07) is 8.24. The van der Waals surface area contributed by atoms with Gasteiger partial charge in [-0.25, -0.2) is 9.78 Å². The SMILES string of the molecule is O=C(O)c1csc(N2Cc3ccccc3C2)n1. The van der Waals surface area contributed by atoms with Crippen molar-refractivity contribution in [3.8, 4) is 0 Å². The van der Waals surface area contributed by atoms with Crippen molar-refractivity contribution in [2.24, 2.45) is 0 Å². The van der Waals surface area contributed by atoms with Gasteiger partial charge in [0.25, 0.3) is 0 Å². The van der Waals surface area contributed by atoms with Crippen LogP contribution >= 0.6 is 11.3 Å². The number of nitrogens with zero attached hydrogens (tertiary/aromatic N) is 2. The molecule has 4 nitrogen and oxygen atoms in total. The number of rotatable bonds is 2. The number of carboxylic acid groups (broad SMARTS) is 1. The molecule has 2 aromatic rings. The second-order valence-electron chi connectivity index (χ2n) is 3.95. The summed E-state index contributed by atoms with van der Waals surface area (Å²) < 4.78 is 0. The zero-order valence-electron chi connectivity index (χ0n) is 8.96. The Morgan fingerprint density at radius 1 is 1.29 bits per heavy atom. The zero-order valence-corrected chi connectivity index (χ0v) is 9.78. The second kappa shape index (κ2) is 3.85. The Balaban J connectivity index is 1.86. The first kappa shape index (κ1) is 10.3. The molecule has 0 fully saturated rings. The Bertz CT molecular complexity index is 554. The van der Waals surface area contributed by atoms with E-state index in [-0.39, 0.29) is 5.69 Å². The van der Waals surface area contributed by atoms with Gasteiger partial charge in [-0.3, -0.25) is 0 Å². The molecule has 3 rings (SSSR count). The predicted molar refractivity (Wildman–Crippen MR) is 65.4 cm³/mol. The number of fused-ring (bicyclic) bond motifs is 1. The van der Waals surface area contributed by atoms with Crippen LogP contribution in [0.15, 0.2) is 29.6 Å². The lowest BCUT2D eigenvalue weighted by molar-refractivity contribution is 0.0691. The van der Waals surface area contributed by atoms with E-state index in [4.69, 9.17) is 5.11 Å². The summed E-state index contributed by atoms with van der Waals surface area (Å²) in [6.07, 6.45) is 0. The summed E-state index contributed by atoms with van der Waals surface area (Å²) in [7, 11) is 0. The van der Waals surface area contributed by atoms with Crippen LogP contribution in [0.4, 0.5) is 5.13 Å². The number of hydrogen-bond donors (Lipinski definition) is 1. The van der Waals surface area contributed by atoms with Gasteiger partial charge in [-0.1, -0.05) is 24.3 Å². The van der Waals surface area contributed by atoms with E-state index in [0.717, 1.165) is 18.2 Å². The fraction of sp³-hybridized carbons (Fsp3) is 0.167. The number of aromatic nitrogens is 1. The first-order valence-electron chi connectivity index (χ1n) is 5.24. The average Bonchev–Trinajstić information content (AvgIpc) is 2.95. The Kier molecular flexibility index (Phi) is 2.33. The van der Waals surface area contributed by atoms with Gasteiger partial charge in [0.2, 0.25) is 0 Å². The van der Waals surface area contributed by atoms with E-state index >= 15 is 0 Å². The van der Waals surface area contributed by atoms with E-state index in [1.165, 1.54) is 22.5 Å². The Hall–Kier alpha value is -1.88. The molecule has 0 radical (unpaired) electrons. The van der Waals surface area contributed by atoms with Crippen molar-refractivity contribution in [3.05, 3.63) is 46.5 Å². The molecule has 0 aliphatic carbocycles. The van der Waals surface area contributed by atoms with Crippen LogP contribution in [-0.2, 0) is 13.1 Å². The van der Waals surface area contributed by atoms with Crippen LogP contribution in [0, 0.1) is 0 Å². The van der Waals surface area contributed by atoms with Crippen LogP contribution in [0.25, 0.3) is 0 Å². The van der Waals surface area contributed by atoms with Crippen molar-refractivity contribution in [2.45, 2.75) is 13.1 Å². The molecule has 0 saturated heterocycles. The minimum atomic E-state index is -0.968. The lowest BCUT2D eigenvalue weighted by Crippen LogP contribution is -2.14. The molecular weight excluding hydrogens is 236 g/mol. The first-order chi connectivity index (χ1) is 8.24. The molecule has 17 heavy (non-hydrogen) atoms.